The molecular weight excluding hydrogens is 256 g/mol. The first kappa shape index (κ1) is 13.2. The highest BCUT2D eigenvalue weighted by Gasteiger charge is 2.36. The van der Waals surface area contributed by atoms with Crippen LogP contribution >= 0.6 is 0 Å². The van der Waals surface area contributed by atoms with Gasteiger partial charge in [-0.05, 0) is 32.0 Å². The molecule has 0 radical (unpaired) electrons. The molecule has 1 amide bonds. The summed E-state index contributed by atoms with van der Waals surface area (Å²) in [6.07, 6.45) is 1.74. The van der Waals surface area contributed by atoms with E-state index in [1.54, 1.807) is 0 Å². The Kier molecular flexibility index (Phi) is 3.53. The summed E-state index contributed by atoms with van der Waals surface area (Å²) in [7, 11) is 0. The van der Waals surface area contributed by atoms with Gasteiger partial charge in [0.1, 0.15) is 0 Å². The minimum Gasteiger partial charge on any atom is -0.490 e. The van der Waals surface area contributed by atoms with Crippen LogP contribution in [0.1, 0.15) is 19.8 Å². The van der Waals surface area contributed by atoms with E-state index in [0.717, 1.165) is 37.4 Å². The van der Waals surface area contributed by atoms with Crippen molar-refractivity contribution in [3.63, 3.8) is 0 Å². The van der Waals surface area contributed by atoms with Crippen molar-refractivity contribution in [3.8, 4) is 11.5 Å². The highest BCUT2D eigenvalue weighted by molar-refractivity contribution is 5.95. The molecule has 1 aromatic carbocycles. The lowest BCUT2D eigenvalue weighted by Crippen LogP contribution is -2.35. The van der Waals surface area contributed by atoms with E-state index < -0.39 is 0 Å². The Labute approximate surface area is 118 Å². The minimum absolute atomic E-state index is 0.0528. The lowest BCUT2D eigenvalue weighted by Gasteiger charge is -2.21. The molecule has 0 aliphatic carbocycles. The van der Waals surface area contributed by atoms with E-state index in [2.05, 4.69) is 10.6 Å². The second-order valence-electron chi connectivity index (χ2n) is 5.65. The van der Waals surface area contributed by atoms with Gasteiger partial charge in [0.25, 0.3) is 0 Å². The molecule has 0 spiro atoms. The molecule has 2 heterocycles. The van der Waals surface area contributed by atoms with Gasteiger partial charge in [-0.2, -0.15) is 0 Å². The zero-order chi connectivity index (χ0) is 14.0. The van der Waals surface area contributed by atoms with Crippen LogP contribution in [0.4, 0.5) is 5.69 Å². The zero-order valence-electron chi connectivity index (χ0n) is 11.7. The Morgan fingerprint density at radius 1 is 1.30 bits per heavy atom. The average molecular weight is 276 g/mol. The predicted octanol–water partition coefficient (Wildman–Crippen LogP) is 1.79. The highest BCUT2D eigenvalue weighted by atomic mass is 16.5. The van der Waals surface area contributed by atoms with Crippen LogP contribution < -0.4 is 20.1 Å². The summed E-state index contributed by atoms with van der Waals surface area (Å²) in [4.78, 5) is 12.3. The van der Waals surface area contributed by atoms with Gasteiger partial charge >= 0.3 is 0 Å². The van der Waals surface area contributed by atoms with Crippen LogP contribution in [-0.4, -0.2) is 32.2 Å². The number of anilines is 1. The number of hydrogen-bond acceptors (Lipinski definition) is 4. The van der Waals surface area contributed by atoms with Crippen LogP contribution in [0.5, 0.6) is 11.5 Å². The van der Waals surface area contributed by atoms with E-state index in [9.17, 15) is 4.79 Å². The molecule has 108 valence electrons. The standard InChI is InChI=1S/C15H20N2O3/c1-15(5-6-16-10-15)14(18)17-11-3-4-12-13(9-11)20-8-2-7-19-12/h3-4,9,16H,2,5-8,10H2,1H3,(H,17,18). The molecule has 3 rings (SSSR count). The average Bonchev–Trinajstić information content (AvgIpc) is 2.76. The fraction of sp³-hybridized carbons (Fsp3) is 0.533. The molecule has 1 aromatic rings. The summed E-state index contributed by atoms with van der Waals surface area (Å²) in [6, 6.07) is 5.55. The molecule has 1 atom stereocenters. The molecule has 2 aliphatic heterocycles. The lowest BCUT2D eigenvalue weighted by molar-refractivity contribution is -0.123. The van der Waals surface area contributed by atoms with E-state index in [4.69, 9.17) is 9.47 Å². The predicted molar refractivity (Wildman–Crippen MR) is 76.3 cm³/mol. The third-order valence-electron chi connectivity index (χ3n) is 3.92. The van der Waals surface area contributed by atoms with Crippen LogP contribution in [0, 0.1) is 5.41 Å². The lowest BCUT2D eigenvalue weighted by atomic mass is 9.89. The number of carbonyl (C=O) groups excluding carboxylic acids is 1. The van der Waals surface area contributed by atoms with Gasteiger partial charge in [0.2, 0.25) is 5.91 Å². The number of hydrogen-bond donors (Lipinski definition) is 2. The highest BCUT2D eigenvalue weighted by Crippen LogP contribution is 2.33. The zero-order valence-corrected chi connectivity index (χ0v) is 11.7. The molecule has 1 saturated heterocycles. The molecule has 5 nitrogen and oxygen atoms in total. The van der Waals surface area contributed by atoms with E-state index in [1.807, 2.05) is 25.1 Å². The Morgan fingerprint density at radius 2 is 2.10 bits per heavy atom. The van der Waals surface area contributed by atoms with Crippen molar-refractivity contribution < 1.29 is 14.3 Å². The Hall–Kier alpha value is -1.75. The molecule has 20 heavy (non-hydrogen) atoms. The molecule has 0 saturated carbocycles. The normalized spacial score (nSPS) is 25.1. The molecule has 0 aromatic heterocycles. The maximum Gasteiger partial charge on any atom is 0.231 e. The largest absolute Gasteiger partial charge is 0.490 e. The quantitative estimate of drug-likeness (QED) is 0.864. The fourth-order valence-corrected chi connectivity index (χ4v) is 2.53. The van der Waals surface area contributed by atoms with Gasteiger partial charge in [-0.3, -0.25) is 4.79 Å². The topological polar surface area (TPSA) is 59.6 Å². The SMILES string of the molecule is CC1(C(=O)Nc2ccc3c(c2)OCCCO3)CCNC1. The summed E-state index contributed by atoms with van der Waals surface area (Å²) >= 11 is 0. The van der Waals surface area contributed by atoms with Gasteiger partial charge in [0, 0.05) is 24.7 Å². The molecule has 1 unspecified atom stereocenters. The number of rotatable bonds is 2. The number of benzene rings is 1. The Morgan fingerprint density at radius 3 is 2.85 bits per heavy atom. The number of ether oxygens (including phenoxy) is 2. The van der Waals surface area contributed by atoms with E-state index in [-0.39, 0.29) is 11.3 Å². The maximum atomic E-state index is 12.3. The second-order valence-corrected chi connectivity index (χ2v) is 5.65. The van der Waals surface area contributed by atoms with Crippen LogP contribution in [-0.2, 0) is 4.79 Å². The van der Waals surface area contributed by atoms with Crippen molar-refractivity contribution in [1.82, 2.24) is 5.32 Å². The number of fused-ring (bicyclic) bond motifs is 1. The Balaban J connectivity index is 1.74. The van der Waals surface area contributed by atoms with Gasteiger partial charge in [-0.25, -0.2) is 0 Å². The van der Waals surface area contributed by atoms with Crippen LogP contribution in [0.2, 0.25) is 0 Å². The van der Waals surface area contributed by atoms with Crippen molar-refractivity contribution in [2.45, 2.75) is 19.8 Å². The minimum atomic E-state index is -0.329. The van der Waals surface area contributed by atoms with Crippen molar-refractivity contribution in [2.24, 2.45) is 5.41 Å². The molecular formula is C15H20N2O3. The fourth-order valence-electron chi connectivity index (χ4n) is 2.53. The Bertz CT molecular complexity index is 510. The van der Waals surface area contributed by atoms with Crippen molar-refractivity contribution in [1.29, 1.82) is 0 Å². The van der Waals surface area contributed by atoms with Gasteiger partial charge in [0.15, 0.2) is 11.5 Å². The van der Waals surface area contributed by atoms with Crippen LogP contribution in [0.25, 0.3) is 0 Å². The van der Waals surface area contributed by atoms with Crippen molar-refractivity contribution in [2.75, 3.05) is 31.6 Å². The summed E-state index contributed by atoms with van der Waals surface area (Å²) < 4.78 is 11.2. The molecule has 2 aliphatic rings. The molecule has 1 fully saturated rings. The monoisotopic (exact) mass is 276 g/mol. The van der Waals surface area contributed by atoms with E-state index >= 15 is 0 Å². The number of amides is 1. The summed E-state index contributed by atoms with van der Waals surface area (Å²) in [6.45, 7) is 4.92. The first-order chi connectivity index (χ1) is 9.67. The summed E-state index contributed by atoms with van der Waals surface area (Å²) in [5.74, 6) is 1.50. The smallest absolute Gasteiger partial charge is 0.231 e. The third-order valence-corrected chi connectivity index (χ3v) is 3.92. The van der Waals surface area contributed by atoms with Crippen LogP contribution in [0.15, 0.2) is 18.2 Å². The van der Waals surface area contributed by atoms with E-state index in [0.29, 0.717) is 19.0 Å². The maximum absolute atomic E-state index is 12.3. The van der Waals surface area contributed by atoms with Crippen LogP contribution in [0.3, 0.4) is 0 Å². The number of nitrogens with one attached hydrogen (secondary N) is 2. The van der Waals surface area contributed by atoms with Gasteiger partial charge in [0.05, 0.1) is 18.6 Å². The van der Waals surface area contributed by atoms with Crippen molar-refractivity contribution in [3.05, 3.63) is 18.2 Å². The van der Waals surface area contributed by atoms with Gasteiger partial charge < -0.3 is 20.1 Å². The second kappa shape index (κ2) is 5.32. The third kappa shape index (κ3) is 2.58. The first-order valence-electron chi connectivity index (χ1n) is 7.09. The van der Waals surface area contributed by atoms with Gasteiger partial charge in [-0.1, -0.05) is 0 Å². The molecule has 0 bridgehead atoms. The summed E-state index contributed by atoms with van der Waals surface area (Å²) in [5.41, 5.74) is 0.428. The van der Waals surface area contributed by atoms with Gasteiger partial charge in [-0.15, -0.1) is 0 Å². The molecule has 2 N–H and O–H groups in total. The van der Waals surface area contributed by atoms with E-state index in [1.165, 1.54) is 0 Å². The number of carbonyl (C=O) groups is 1. The van der Waals surface area contributed by atoms with Crippen molar-refractivity contribution >= 4 is 11.6 Å². The molecule has 5 heteroatoms. The summed E-state index contributed by atoms with van der Waals surface area (Å²) in [5, 5.41) is 6.21. The first-order valence-corrected chi connectivity index (χ1v) is 7.09.